The Morgan fingerprint density at radius 2 is 2.43 bits per heavy atom. The largest absolute Gasteiger partial charge is 0.293 e. The Kier molecular flexibility index (Phi) is 4.95. The lowest BCUT2D eigenvalue weighted by Crippen LogP contribution is -1.71. The zero-order valence-electron chi connectivity index (χ0n) is 4.72. The van der Waals surface area contributed by atoms with Gasteiger partial charge in [0.1, 0.15) is 0 Å². The Bertz CT molecular complexity index is 64.6. The zero-order valence-corrected chi connectivity index (χ0v) is 4.72. The fraction of sp³-hybridized carbons (Fsp3) is 0.500. The van der Waals surface area contributed by atoms with E-state index in [0.29, 0.717) is 0 Å². The predicted octanol–water partition coefficient (Wildman–Crippen LogP) is 1.65. The minimum Gasteiger partial charge on any atom is -0.293 e. The molecule has 0 amide bonds. The molecule has 0 heterocycles. The molecule has 0 N–H and O–H groups in total. The van der Waals surface area contributed by atoms with Crippen molar-refractivity contribution in [2.75, 3.05) is 6.54 Å². The molecule has 0 spiro atoms. The van der Waals surface area contributed by atoms with E-state index in [1.165, 1.54) is 0 Å². The standard InChI is InChI=1S/C6H11N/c1-3-5-7-6-4-2/h3,6H,1,4-5H2,2H3. The molecule has 0 radical (unpaired) electrons. The first-order valence-electron chi connectivity index (χ1n) is 2.51. The van der Waals surface area contributed by atoms with Gasteiger partial charge in [0.15, 0.2) is 0 Å². The quantitative estimate of drug-likeness (QED) is 0.375. The summed E-state index contributed by atoms with van der Waals surface area (Å²) in [5.74, 6) is 0. The highest BCUT2D eigenvalue weighted by Gasteiger charge is 1.63. The van der Waals surface area contributed by atoms with Crippen molar-refractivity contribution in [3.8, 4) is 0 Å². The molecule has 0 unspecified atom stereocenters. The van der Waals surface area contributed by atoms with Crippen LogP contribution in [-0.2, 0) is 0 Å². The molecule has 0 saturated carbocycles. The second-order valence-corrected chi connectivity index (χ2v) is 1.24. The maximum absolute atomic E-state index is 3.97. The van der Waals surface area contributed by atoms with Crippen molar-refractivity contribution in [1.82, 2.24) is 0 Å². The molecule has 0 aromatic rings. The Hall–Kier alpha value is -0.590. The summed E-state index contributed by atoms with van der Waals surface area (Å²) in [5.41, 5.74) is 0. The minimum absolute atomic E-state index is 0.758. The van der Waals surface area contributed by atoms with Gasteiger partial charge in [0.05, 0.1) is 6.54 Å². The van der Waals surface area contributed by atoms with Gasteiger partial charge in [0.25, 0.3) is 0 Å². The highest BCUT2D eigenvalue weighted by atomic mass is 14.7. The van der Waals surface area contributed by atoms with E-state index < -0.39 is 0 Å². The fourth-order valence-electron chi connectivity index (χ4n) is 0.278. The van der Waals surface area contributed by atoms with E-state index in [1.54, 1.807) is 6.08 Å². The van der Waals surface area contributed by atoms with Crippen LogP contribution in [0.4, 0.5) is 0 Å². The molecule has 1 nitrogen and oxygen atoms in total. The van der Waals surface area contributed by atoms with Crippen LogP contribution in [0.2, 0.25) is 0 Å². The molecule has 1 heteroatoms. The van der Waals surface area contributed by atoms with Crippen molar-refractivity contribution in [3.63, 3.8) is 0 Å². The monoisotopic (exact) mass is 97.1 g/mol. The van der Waals surface area contributed by atoms with E-state index in [-0.39, 0.29) is 0 Å². The van der Waals surface area contributed by atoms with Gasteiger partial charge in [-0.1, -0.05) is 13.0 Å². The van der Waals surface area contributed by atoms with Crippen molar-refractivity contribution in [1.29, 1.82) is 0 Å². The molecule has 0 aliphatic carbocycles. The summed E-state index contributed by atoms with van der Waals surface area (Å²) >= 11 is 0. The fourth-order valence-corrected chi connectivity index (χ4v) is 0.278. The molecule has 0 aromatic heterocycles. The summed E-state index contributed by atoms with van der Waals surface area (Å²) in [6, 6.07) is 0. The molecular weight excluding hydrogens is 86.1 g/mol. The molecule has 0 fully saturated rings. The van der Waals surface area contributed by atoms with Crippen LogP contribution in [0.3, 0.4) is 0 Å². The number of nitrogens with zero attached hydrogens (tertiary/aromatic N) is 1. The Morgan fingerprint density at radius 1 is 1.71 bits per heavy atom. The van der Waals surface area contributed by atoms with Crippen LogP contribution < -0.4 is 0 Å². The second kappa shape index (κ2) is 5.41. The molecule has 7 heavy (non-hydrogen) atoms. The topological polar surface area (TPSA) is 12.4 Å². The Balaban J connectivity index is 2.92. The second-order valence-electron chi connectivity index (χ2n) is 1.24. The first-order valence-corrected chi connectivity index (χ1v) is 2.51. The Morgan fingerprint density at radius 3 is 2.86 bits per heavy atom. The lowest BCUT2D eigenvalue weighted by atomic mass is 10.5. The minimum atomic E-state index is 0.758. The normalized spacial score (nSPS) is 9.86. The number of hydrogen-bond donors (Lipinski definition) is 0. The average Bonchev–Trinajstić information content (AvgIpc) is 1.69. The van der Waals surface area contributed by atoms with Crippen molar-refractivity contribution >= 4 is 6.21 Å². The summed E-state index contributed by atoms with van der Waals surface area (Å²) in [6.07, 6.45) is 4.70. The lowest BCUT2D eigenvalue weighted by Gasteiger charge is -1.76. The first-order chi connectivity index (χ1) is 3.41. The summed E-state index contributed by atoms with van der Waals surface area (Å²) < 4.78 is 0. The summed E-state index contributed by atoms with van der Waals surface area (Å²) in [6.45, 7) is 6.34. The van der Waals surface area contributed by atoms with E-state index in [0.717, 1.165) is 13.0 Å². The molecule has 0 rings (SSSR count). The van der Waals surface area contributed by atoms with Gasteiger partial charge in [-0.25, -0.2) is 0 Å². The first kappa shape index (κ1) is 6.41. The van der Waals surface area contributed by atoms with Crippen molar-refractivity contribution in [2.45, 2.75) is 13.3 Å². The third-order valence-corrected chi connectivity index (χ3v) is 0.546. The van der Waals surface area contributed by atoms with Crippen molar-refractivity contribution in [3.05, 3.63) is 12.7 Å². The van der Waals surface area contributed by atoms with Crippen molar-refractivity contribution < 1.29 is 0 Å². The van der Waals surface area contributed by atoms with E-state index in [4.69, 9.17) is 0 Å². The van der Waals surface area contributed by atoms with Gasteiger partial charge in [-0.3, -0.25) is 4.99 Å². The number of rotatable bonds is 3. The van der Waals surface area contributed by atoms with Gasteiger partial charge < -0.3 is 0 Å². The molecule has 0 saturated heterocycles. The van der Waals surface area contributed by atoms with E-state index in [2.05, 4.69) is 18.5 Å². The average molecular weight is 97.2 g/mol. The third-order valence-electron chi connectivity index (χ3n) is 0.546. The van der Waals surface area contributed by atoms with Gasteiger partial charge in [0.2, 0.25) is 0 Å². The van der Waals surface area contributed by atoms with E-state index in [1.807, 2.05) is 6.21 Å². The van der Waals surface area contributed by atoms with Gasteiger partial charge >= 0.3 is 0 Å². The summed E-state index contributed by atoms with van der Waals surface area (Å²) in [4.78, 5) is 3.97. The van der Waals surface area contributed by atoms with Crippen LogP contribution in [0.5, 0.6) is 0 Å². The summed E-state index contributed by atoms with van der Waals surface area (Å²) in [7, 11) is 0. The summed E-state index contributed by atoms with van der Waals surface area (Å²) in [5, 5.41) is 0. The van der Waals surface area contributed by atoms with Crippen LogP contribution >= 0.6 is 0 Å². The molecule has 0 atom stereocenters. The Labute approximate surface area is 44.8 Å². The predicted molar refractivity (Wildman–Crippen MR) is 33.8 cm³/mol. The smallest absolute Gasteiger partial charge is 0.0563 e. The van der Waals surface area contributed by atoms with E-state index >= 15 is 0 Å². The third kappa shape index (κ3) is 5.41. The molecule has 0 aliphatic heterocycles. The van der Waals surface area contributed by atoms with Gasteiger partial charge in [-0.05, 0) is 12.6 Å². The van der Waals surface area contributed by atoms with Gasteiger partial charge in [-0.2, -0.15) is 0 Å². The maximum atomic E-state index is 3.97. The SMILES string of the molecule is C=CCN=CCC. The lowest BCUT2D eigenvalue weighted by molar-refractivity contribution is 1.21. The highest BCUT2D eigenvalue weighted by Crippen LogP contribution is 1.70. The van der Waals surface area contributed by atoms with Gasteiger partial charge in [-0.15, -0.1) is 6.58 Å². The number of hydrogen-bond acceptors (Lipinski definition) is 1. The van der Waals surface area contributed by atoms with Crippen LogP contribution in [0.1, 0.15) is 13.3 Å². The highest BCUT2D eigenvalue weighted by molar-refractivity contribution is 5.56. The van der Waals surface area contributed by atoms with Crippen LogP contribution in [0.15, 0.2) is 17.6 Å². The molecule has 0 aliphatic rings. The molecule has 40 valence electrons. The van der Waals surface area contributed by atoms with Crippen molar-refractivity contribution in [2.24, 2.45) is 4.99 Å². The van der Waals surface area contributed by atoms with Crippen LogP contribution in [0, 0.1) is 0 Å². The van der Waals surface area contributed by atoms with Crippen LogP contribution in [0.25, 0.3) is 0 Å². The molecular formula is C6H11N. The van der Waals surface area contributed by atoms with Gasteiger partial charge in [0, 0.05) is 0 Å². The van der Waals surface area contributed by atoms with E-state index in [9.17, 15) is 0 Å². The maximum Gasteiger partial charge on any atom is 0.0563 e. The zero-order chi connectivity index (χ0) is 5.54. The number of aliphatic imine (C=N–C) groups is 1. The molecule has 0 bridgehead atoms. The molecule has 0 aromatic carbocycles. The van der Waals surface area contributed by atoms with Crippen LogP contribution in [-0.4, -0.2) is 12.8 Å².